The minimum atomic E-state index is -0.132. The summed E-state index contributed by atoms with van der Waals surface area (Å²) in [6.07, 6.45) is 6.27. The van der Waals surface area contributed by atoms with Gasteiger partial charge in [0.15, 0.2) is 0 Å². The summed E-state index contributed by atoms with van der Waals surface area (Å²) in [5, 5.41) is 6.37. The van der Waals surface area contributed by atoms with Crippen LogP contribution in [0.15, 0.2) is 41.5 Å². The van der Waals surface area contributed by atoms with Gasteiger partial charge in [0, 0.05) is 51.4 Å². The van der Waals surface area contributed by atoms with E-state index in [-0.39, 0.29) is 24.8 Å². The molecule has 2 saturated carbocycles. The van der Waals surface area contributed by atoms with E-state index in [0.717, 1.165) is 18.1 Å². The monoisotopic (exact) mass is 500 g/mol. The van der Waals surface area contributed by atoms with E-state index in [1.54, 1.807) is 17.2 Å². The van der Waals surface area contributed by atoms with Crippen molar-refractivity contribution in [1.82, 2.24) is 20.4 Å². The second kappa shape index (κ2) is 13.1. The van der Waals surface area contributed by atoms with E-state index in [4.69, 9.17) is 15.5 Å². The molecule has 3 aliphatic rings. The summed E-state index contributed by atoms with van der Waals surface area (Å²) in [4.78, 5) is 40.4. The van der Waals surface area contributed by atoms with Gasteiger partial charge >= 0.3 is 0 Å². The lowest BCUT2D eigenvalue weighted by molar-refractivity contribution is -0.130. The van der Waals surface area contributed by atoms with Gasteiger partial charge in [-0.25, -0.2) is 4.99 Å². The maximum absolute atomic E-state index is 11.8. The fraction of sp³-hybridized carbons (Fsp3) is 0.520. The van der Waals surface area contributed by atoms with E-state index >= 15 is 0 Å². The van der Waals surface area contributed by atoms with Crippen LogP contribution in [0.25, 0.3) is 0 Å². The summed E-state index contributed by atoms with van der Waals surface area (Å²) >= 11 is 0. The molecule has 1 aromatic rings. The Labute approximate surface area is 213 Å². The molecule has 36 heavy (non-hydrogen) atoms. The van der Waals surface area contributed by atoms with Crippen molar-refractivity contribution in [2.45, 2.75) is 38.8 Å². The van der Waals surface area contributed by atoms with Gasteiger partial charge in [-0.05, 0) is 49.1 Å². The number of hydrogen-bond donors (Lipinski definition) is 5. The van der Waals surface area contributed by atoms with Gasteiger partial charge in [0.25, 0.3) is 0 Å². The quantitative estimate of drug-likeness (QED) is 0.196. The van der Waals surface area contributed by atoms with Crippen molar-refractivity contribution in [3.63, 3.8) is 0 Å². The van der Waals surface area contributed by atoms with Crippen LogP contribution >= 0.6 is 0 Å². The molecule has 4 rings (SSSR count). The third-order valence-corrected chi connectivity index (χ3v) is 6.75. The van der Waals surface area contributed by atoms with Crippen molar-refractivity contribution in [2.24, 2.45) is 27.6 Å². The number of carbonyl (C=O) groups is 3. The highest BCUT2D eigenvalue weighted by Crippen LogP contribution is 2.78. The SMILES string of the molecule is CC(=O)N/C=C\C(=Nc1ccc(CNC23CC2(C)C3)cc1)N1CCN(C(=O)CN)CC1.CN.NC=O. The summed E-state index contributed by atoms with van der Waals surface area (Å²) in [7, 11) is 1.50. The largest absolute Gasteiger partial charge is 0.372 e. The Kier molecular flexibility index (Phi) is 10.6. The molecule has 0 aromatic heterocycles. The maximum Gasteiger partial charge on any atom is 0.236 e. The van der Waals surface area contributed by atoms with E-state index in [0.29, 0.717) is 37.1 Å². The molecule has 11 heteroatoms. The number of nitrogens with two attached hydrogens (primary N) is 3. The zero-order valence-electron chi connectivity index (χ0n) is 21.5. The Balaban J connectivity index is 0.000000850. The Morgan fingerprint density at radius 2 is 1.61 bits per heavy atom. The number of piperazine rings is 1. The summed E-state index contributed by atoms with van der Waals surface area (Å²) in [5.74, 6) is 0.589. The highest BCUT2D eigenvalue weighted by atomic mass is 16.2. The number of nitrogens with one attached hydrogen (secondary N) is 2. The van der Waals surface area contributed by atoms with Crippen LogP contribution in [0.2, 0.25) is 0 Å². The molecule has 11 nitrogen and oxygen atoms in total. The van der Waals surface area contributed by atoms with Crippen molar-refractivity contribution in [3.05, 3.63) is 42.1 Å². The van der Waals surface area contributed by atoms with Gasteiger partial charge in [-0.15, -0.1) is 0 Å². The zero-order chi connectivity index (χ0) is 26.8. The smallest absolute Gasteiger partial charge is 0.236 e. The first-order chi connectivity index (χ1) is 17.3. The molecule has 1 aromatic carbocycles. The first-order valence-electron chi connectivity index (χ1n) is 12.1. The number of amidine groups is 1. The fourth-order valence-electron chi connectivity index (χ4n) is 4.38. The standard InChI is InChI=1S/C23H32N6O2.CH3NO.CH5N/c1-17(30)25-8-7-20(28-9-11-29(12-10-28)21(31)13-24)27-19-5-3-18(4-6-19)14-26-23-15-22(23,2)16-23;2-1-3;1-2/h3-8,26H,9-16,24H2,1-2H3,(H,25,30);1H,(H2,2,3);2H2,1H3/b8-7-,27-20?;;. The van der Waals surface area contributed by atoms with Crippen molar-refractivity contribution in [3.8, 4) is 0 Å². The number of hydrogen-bond acceptors (Lipinski definition) is 7. The lowest BCUT2D eigenvalue weighted by atomic mass is 10.2. The third-order valence-electron chi connectivity index (χ3n) is 6.75. The number of rotatable bonds is 7. The van der Waals surface area contributed by atoms with Gasteiger partial charge < -0.3 is 37.6 Å². The Morgan fingerprint density at radius 1 is 1.08 bits per heavy atom. The number of benzene rings is 1. The summed E-state index contributed by atoms with van der Waals surface area (Å²) in [6, 6.07) is 8.26. The fourth-order valence-corrected chi connectivity index (χ4v) is 4.38. The molecule has 8 N–H and O–H groups in total. The van der Waals surface area contributed by atoms with Crippen LogP contribution in [-0.4, -0.2) is 79.2 Å². The normalized spacial score (nSPS) is 24.0. The van der Waals surface area contributed by atoms with Gasteiger partial charge in [-0.2, -0.15) is 0 Å². The first kappa shape index (κ1) is 29.0. The molecule has 1 saturated heterocycles. The average Bonchev–Trinajstić information content (AvgIpc) is 3.68. The highest BCUT2D eigenvalue weighted by Gasteiger charge is 2.79. The predicted octanol–water partition coefficient (Wildman–Crippen LogP) is -0.212. The molecular formula is C25H40N8O3. The van der Waals surface area contributed by atoms with Crippen LogP contribution in [-0.2, 0) is 20.9 Å². The second-order valence-electron chi connectivity index (χ2n) is 9.23. The predicted molar refractivity (Wildman–Crippen MR) is 141 cm³/mol. The van der Waals surface area contributed by atoms with E-state index in [1.807, 2.05) is 12.1 Å². The van der Waals surface area contributed by atoms with Gasteiger partial charge in [0.2, 0.25) is 18.2 Å². The van der Waals surface area contributed by atoms with Crippen LogP contribution in [0.4, 0.5) is 5.69 Å². The number of carbonyl (C=O) groups excluding carboxylic acids is 3. The minimum Gasteiger partial charge on any atom is -0.372 e. The summed E-state index contributed by atoms with van der Waals surface area (Å²) in [5.41, 5.74) is 17.2. The van der Waals surface area contributed by atoms with Gasteiger partial charge in [0.05, 0.1) is 12.2 Å². The number of nitrogens with zero attached hydrogens (tertiary/aromatic N) is 3. The maximum atomic E-state index is 11.8. The van der Waals surface area contributed by atoms with E-state index in [2.05, 4.69) is 46.1 Å². The topological polar surface area (TPSA) is 172 Å². The van der Waals surface area contributed by atoms with Crippen molar-refractivity contribution < 1.29 is 14.4 Å². The molecule has 198 valence electrons. The van der Waals surface area contributed by atoms with Crippen molar-refractivity contribution in [1.29, 1.82) is 0 Å². The van der Waals surface area contributed by atoms with Crippen LogP contribution < -0.4 is 27.8 Å². The van der Waals surface area contributed by atoms with E-state index < -0.39 is 0 Å². The molecule has 3 fully saturated rings. The zero-order valence-corrected chi connectivity index (χ0v) is 21.5. The van der Waals surface area contributed by atoms with Crippen LogP contribution in [0, 0.1) is 5.41 Å². The minimum absolute atomic E-state index is 0.0327. The second-order valence-corrected chi connectivity index (χ2v) is 9.23. The van der Waals surface area contributed by atoms with Crippen LogP contribution in [0.1, 0.15) is 32.3 Å². The highest BCUT2D eigenvalue weighted by molar-refractivity contribution is 5.95. The number of amides is 3. The molecule has 1 heterocycles. The molecule has 0 radical (unpaired) electrons. The summed E-state index contributed by atoms with van der Waals surface area (Å²) in [6.45, 7) is 7.27. The molecular weight excluding hydrogens is 460 g/mol. The molecule has 2 aliphatic carbocycles. The van der Waals surface area contributed by atoms with Crippen LogP contribution in [0.5, 0.6) is 0 Å². The third kappa shape index (κ3) is 7.61. The lowest BCUT2D eigenvalue weighted by Gasteiger charge is -2.35. The number of aliphatic imine (C=N–C) groups is 1. The Hall–Kier alpha value is -3.28. The number of primary amides is 1. The van der Waals surface area contributed by atoms with Gasteiger partial charge in [0.1, 0.15) is 5.84 Å². The van der Waals surface area contributed by atoms with Crippen molar-refractivity contribution in [2.75, 3.05) is 39.8 Å². The molecule has 0 bridgehead atoms. The molecule has 0 atom stereocenters. The molecule has 3 amide bonds. The van der Waals surface area contributed by atoms with Gasteiger partial charge in [-0.1, -0.05) is 19.1 Å². The summed E-state index contributed by atoms with van der Waals surface area (Å²) < 4.78 is 0. The molecule has 1 aliphatic heterocycles. The van der Waals surface area contributed by atoms with Crippen LogP contribution in [0.3, 0.4) is 0 Å². The van der Waals surface area contributed by atoms with Crippen molar-refractivity contribution >= 4 is 29.7 Å². The molecule has 0 unspecified atom stereocenters. The van der Waals surface area contributed by atoms with E-state index in [9.17, 15) is 9.59 Å². The first-order valence-corrected chi connectivity index (χ1v) is 12.1. The molecule has 0 spiro atoms. The average molecular weight is 501 g/mol. The Bertz CT molecular complexity index is 947. The lowest BCUT2D eigenvalue weighted by Crippen LogP contribution is -2.51. The van der Waals surface area contributed by atoms with Gasteiger partial charge in [-0.3, -0.25) is 14.4 Å². The number of fused-ring (bicyclic) bond motifs is 1. The van der Waals surface area contributed by atoms with E-state index in [1.165, 1.54) is 32.4 Å². The Morgan fingerprint density at radius 3 is 2.08 bits per heavy atom.